The number of amides is 1. The summed E-state index contributed by atoms with van der Waals surface area (Å²) in [5.74, 6) is -0.368. The number of H-pyrrole nitrogens is 1. The Morgan fingerprint density at radius 2 is 2.18 bits per heavy atom. The molecule has 0 unspecified atom stereocenters. The molecule has 1 aromatic heterocycles. The number of alkyl halides is 3. The van der Waals surface area contributed by atoms with Gasteiger partial charge >= 0.3 is 6.18 Å². The number of aryl methyl sites for hydroxylation is 1. The van der Waals surface area contributed by atoms with Crippen molar-refractivity contribution in [2.45, 2.75) is 19.5 Å². The first-order chi connectivity index (χ1) is 10.4. The van der Waals surface area contributed by atoms with Gasteiger partial charge in [0.05, 0.1) is 5.52 Å². The van der Waals surface area contributed by atoms with Gasteiger partial charge in [-0.25, -0.2) is 0 Å². The second-order valence-corrected chi connectivity index (χ2v) is 4.90. The van der Waals surface area contributed by atoms with Crippen molar-refractivity contribution in [2.75, 3.05) is 19.8 Å². The molecular weight excluding hydrogens is 299 g/mol. The van der Waals surface area contributed by atoms with Crippen LogP contribution in [-0.2, 0) is 4.74 Å². The summed E-state index contributed by atoms with van der Waals surface area (Å²) in [4.78, 5) is 12.0. The van der Waals surface area contributed by atoms with Crippen LogP contribution >= 0.6 is 0 Å². The average molecular weight is 315 g/mol. The number of nitrogens with one attached hydrogen (secondary N) is 2. The summed E-state index contributed by atoms with van der Waals surface area (Å²) < 4.78 is 40.0. The van der Waals surface area contributed by atoms with E-state index in [1.54, 1.807) is 0 Å². The highest BCUT2D eigenvalue weighted by atomic mass is 19.4. The van der Waals surface area contributed by atoms with Gasteiger partial charge in [0.1, 0.15) is 6.61 Å². The van der Waals surface area contributed by atoms with Gasteiger partial charge in [-0.05, 0) is 25.5 Å². The maximum Gasteiger partial charge on any atom is 0.411 e. The molecule has 0 atom stereocenters. The summed E-state index contributed by atoms with van der Waals surface area (Å²) in [6.07, 6.45) is -4.03. The molecule has 0 saturated heterocycles. The lowest BCUT2D eigenvalue weighted by Crippen LogP contribution is -2.26. The standard InChI is InChI=1S/C14H16F3N3O2/c1-9-3-4-11-10(7-9)12(20-19-11)13(21)18-5-2-6-22-8-14(15,16)17/h3-4,7H,2,5-6,8H2,1H3,(H,18,21)(H,19,20). The fourth-order valence-electron chi connectivity index (χ4n) is 1.95. The van der Waals surface area contributed by atoms with Crippen molar-refractivity contribution in [3.8, 4) is 0 Å². The topological polar surface area (TPSA) is 67.0 Å². The van der Waals surface area contributed by atoms with Gasteiger partial charge in [-0.15, -0.1) is 0 Å². The molecule has 0 spiro atoms. The van der Waals surface area contributed by atoms with Crippen LogP contribution in [0.1, 0.15) is 22.5 Å². The number of halogens is 3. The first-order valence-electron chi connectivity index (χ1n) is 6.74. The monoisotopic (exact) mass is 315 g/mol. The van der Waals surface area contributed by atoms with E-state index in [0.717, 1.165) is 11.1 Å². The molecule has 0 fully saturated rings. The van der Waals surface area contributed by atoms with Gasteiger partial charge in [0.25, 0.3) is 5.91 Å². The molecule has 2 rings (SSSR count). The van der Waals surface area contributed by atoms with E-state index in [2.05, 4.69) is 20.3 Å². The molecule has 0 radical (unpaired) electrons. The number of carbonyl (C=O) groups is 1. The first kappa shape index (κ1) is 16.3. The van der Waals surface area contributed by atoms with Gasteiger partial charge in [-0.1, -0.05) is 11.6 Å². The van der Waals surface area contributed by atoms with Crippen LogP contribution in [0.5, 0.6) is 0 Å². The number of nitrogens with zero attached hydrogens (tertiary/aromatic N) is 1. The number of carbonyl (C=O) groups excluding carboxylic acids is 1. The Balaban J connectivity index is 1.81. The van der Waals surface area contributed by atoms with E-state index in [-0.39, 0.29) is 24.8 Å². The van der Waals surface area contributed by atoms with Crippen LogP contribution in [-0.4, -0.2) is 42.0 Å². The minimum Gasteiger partial charge on any atom is -0.372 e. The normalized spacial score (nSPS) is 11.8. The van der Waals surface area contributed by atoms with E-state index >= 15 is 0 Å². The van der Waals surface area contributed by atoms with Crippen LogP contribution in [0.2, 0.25) is 0 Å². The lowest BCUT2D eigenvalue weighted by atomic mass is 10.1. The van der Waals surface area contributed by atoms with Gasteiger partial charge in [-0.2, -0.15) is 18.3 Å². The summed E-state index contributed by atoms with van der Waals surface area (Å²) in [6.45, 7) is 0.785. The van der Waals surface area contributed by atoms with Crippen molar-refractivity contribution in [3.05, 3.63) is 29.5 Å². The molecule has 0 saturated carbocycles. The number of hydrogen-bond donors (Lipinski definition) is 2. The molecule has 1 heterocycles. The fourth-order valence-corrected chi connectivity index (χ4v) is 1.95. The van der Waals surface area contributed by atoms with E-state index in [0.29, 0.717) is 11.8 Å². The highest BCUT2D eigenvalue weighted by Gasteiger charge is 2.27. The molecular formula is C14H16F3N3O2. The van der Waals surface area contributed by atoms with Crippen molar-refractivity contribution in [1.82, 2.24) is 15.5 Å². The van der Waals surface area contributed by atoms with Gasteiger partial charge in [0.2, 0.25) is 0 Å². The number of ether oxygens (including phenoxy) is 1. The van der Waals surface area contributed by atoms with Crippen LogP contribution < -0.4 is 5.32 Å². The molecule has 2 aromatic rings. The van der Waals surface area contributed by atoms with Crippen LogP contribution in [0.3, 0.4) is 0 Å². The van der Waals surface area contributed by atoms with E-state index in [4.69, 9.17) is 0 Å². The zero-order valence-corrected chi connectivity index (χ0v) is 12.0. The smallest absolute Gasteiger partial charge is 0.372 e. The van der Waals surface area contributed by atoms with Gasteiger partial charge in [0, 0.05) is 18.5 Å². The molecule has 8 heteroatoms. The Morgan fingerprint density at radius 3 is 2.91 bits per heavy atom. The van der Waals surface area contributed by atoms with Gasteiger partial charge in [0.15, 0.2) is 5.69 Å². The second-order valence-electron chi connectivity index (χ2n) is 4.90. The first-order valence-corrected chi connectivity index (χ1v) is 6.74. The van der Waals surface area contributed by atoms with E-state index < -0.39 is 12.8 Å². The predicted molar refractivity (Wildman–Crippen MR) is 74.7 cm³/mol. The van der Waals surface area contributed by atoms with Crippen molar-refractivity contribution in [3.63, 3.8) is 0 Å². The van der Waals surface area contributed by atoms with E-state index in [1.807, 2.05) is 25.1 Å². The Hall–Kier alpha value is -2.09. The highest BCUT2D eigenvalue weighted by molar-refractivity contribution is 6.04. The van der Waals surface area contributed by atoms with E-state index in [9.17, 15) is 18.0 Å². The average Bonchev–Trinajstić information content (AvgIpc) is 2.84. The molecule has 0 aliphatic rings. The van der Waals surface area contributed by atoms with Crippen molar-refractivity contribution < 1.29 is 22.7 Å². The zero-order chi connectivity index (χ0) is 16.2. The number of fused-ring (bicyclic) bond motifs is 1. The van der Waals surface area contributed by atoms with Crippen molar-refractivity contribution >= 4 is 16.8 Å². The maximum absolute atomic E-state index is 12.0. The Morgan fingerprint density at radius 1 is 1.41 bits per heavy atom. The highest BCUT2D eigenvalue weighted by Crippen LogP contribution is 2.17. The number of benzene rings is 1. The summed E-state index contributed by atoms with van der Waals surface area (Å²) in [5.41, 5.74) is 2.03. The second kappa shape index (κ2) is 6.78. The molecule has 2 N–H and O–H groups in total. The molecule has 1 aromatic carbocycles. The van der Waals surface area contributed by atoms with Crippen LogP contribution in [0.25, 0.3) is 10.9 Å². The number of rotatable bonds is 6. The molecule has 5 nitrogen and oxygen atoms in total. The largest absolute Gasteiger partial charge is 0.411 e. The van der Waals surface area contributed by atoms with E-state index in [1.165, 1.54) is 0 Å². The fraction of sp³-hybridized carbons (Fsp3) is 0.429. The summed E-state index contributed by atoms with van der Waals surface area (Å²) in [7, 11) is 0. The third-order valence-electron chi connectivity index (χ3n) is 2.95. The predicted octanol–water partition coefficient (Wildman–Crippen LogP) is 2.57. The van der Waals surface area contributed by atoms with Crippen molar-refractivity contribution in [2.24, 2.45) is 0 Å². The number of hydrogen-bond acceptors (Lipinski definition) is 3. The lowest BCUT2D eigenvalue weighted by molar-refractivity contribution is -0.173. The quantitative estimate of drug-likeness (QED) is 0.805. The molecule has 1 amide bonds. The third-order valence-corrected chi connectivity index (χ3v) is 2.95. The number of aromatic amines is 1. The molecule has 0 aliphatic heterocycles. The lowest BCUT2D eigenvalue weighted by Gasteiger charge is -2.07. The van der Waals surface area contributed by atoms with Crippen LogP contribution in [0.4, 0.5) is 13.2 Å². The molecule has 0 aliphatic carbocycles. The number of aromatic nitrogens is 2. The Bertz CT molecular complexity index is 652. The van der Waals surface area contributed by atoms with Gasteiger partial charge < -0.3 is 10.1 Å². The Kier molecular flexibility index (Phi) is 5.02. The molecule has 22 heavy (non-hydrogen) atoms. The molecule has 120 valence electrons. The maximum atomic E-state index is 12.0. The minimum absolute atomic E-state index is 0.0692. The van der Waals surface area contributed by atoms with Crippen LogP contribution in [0.15, 0.2) is 18.2 Å². The SMILES string of the molecule is Cc1ccc2[nH]nc(C(=O)NCCCOCC(F)(F)F)c2c1. The summed E-state index contributed by atoms with van der Waals surface area (Å²) in [5, 5.41) is 10.1. The summed E-state index contributed by atoms with van der Waals surface area (Å²) >= 11 is 0. The Labute approximate surface area is 124 Å². The van der Waals surface area contributed by atoms with Crippen LogP contribution in [0, 0.1) is 6.92 Å². The van der Waals surface area contributed by atoms with Crippen molar-refractivity contribution in [1.29, 1.82) is 0 Å². The minimum atomic E-state index is -4.32. The summed E-state index contributed by atoms with van der Waals surface area (Å²) in [6, 6.07) is 5.58. The zero-order valence-electron chi connectivity index (χ0n) is 12.0. The molecule has 0 bridgehead atoms. The van der Waals surface area contributed by atoms with Gasteiger partial charge in [-0.3, -0.25) is 9.89 Å². The third kappa shape index (κ3) is 4.45.